The van der Waals surface area contributed by atoms with Crippen molar-refractivity contribution in [3.63, 3.8) is 0 Å². The maximum Gasteiger partial charge on any atom is 0.292 e. The van der Waals surface area contributed by atoms with Crippen LogP contribution in [0.4, 0.5) is 11.4 Å². The van der Waals surface area contributed by atoms with Crippen molar-refractivity contribution in [1.29, 1.82) is 0 Å². The molecule has 2 N–H and O–H groups in total. The van der Waals surface area contributed by atoms with Crippen LogP contribution < -0.4 is 5.32 Å². The average Bonchev–Trinajstić information content (AvgIpc) is 2.27. The van der Waals surface area contributed by atoms with E-state index in [-0.39, 0.29) is 18.3 Å². The predicted octanol–water partition coefficient (Wildman–Crippen LogP) is 2.09. The summed E-state index contributed by atoms with van der Waals surface area (Å²) in [6.07, 6.45) is 0.710. The standard InChI is InChI=1S/C11H16N2O3/c1-3-9(7-14)12-11-8(2)5-4-6-10(11)13(15)16/h4-6,9,12,14H,3,7H2,1-2H3. The van der Waals surface area contributed by atoms with Crippen molar-refractivity contribution in [2.75, 3.05) is 11.9 Å². The Bertz CT molecular complexity index is 375. The number of hydrogen-bond acceptors (Lipinski definition) is 4. The first-order valence-electron chi connectivity index (χ1n) is 5.21. The lowest BCUT2D eigenvalue weighted by molar-refractivity contribution is -0.384. The zero-order chi connectivity index (χ0) is 12.1. The topological polar surface area (TPSA) is 75.4 Å². The number of aliphatic hydroxyl groups excluding tert-OH is 1. The highest BCUT2D eigenvalue weighted by molar-refractivity contribution is 5.66. The van der Waals surface area contributed by atoms with Gasteiger partial charge in [0, 0.05) is 12.1 Å². The van der Waals surface area contributed by atoms with Gasteiger partial charge >= 0.3 is 0 Å². The van der Waals surface area contributed by atoms with Gasteiger partial charge in [-0.05, 0) is 18.9 Å². The smallest absolute Gasteiger partial charge is 0.292 e. The van der Waals surface area contributed by atoms with Crippen molar-refractivity contribution in [2.45, 2.75) is 26.3 Å². The Morgan fingerprint density at radius 2 is 2.25 bits per heavy atom. The number of aryl methyl sites for hydroxylation is 1. The van der Waals surface area contributed by atoms with Crippen LogP contribution in [-0.4, -0.2) is 22.7 Å². The van der Waals surface area contributed by atoms with Crippen molar-refractivity contribution in [2.24, 2.45) is 0 Å². The third-order valence-electron chi connectivity index (χ3n) is 2.51. The van der Waals surface area contributed by atoms with Crippen molar-refractivity contribution in [3.8, 4) is 0 Å². The van der Waals surface area contributed by atoms with E-state index >= 15 is 0 Å². The Balaban J connectivity index is 3.05. The summed E-state index contributed by atoms with van der Waals surface area (Å²) < 4.78 is 0. The minimum Gasteiger partial charge on any atom is -0.394 e. The van der Waals surface area contributed by atoms with Gasteiger partial charge in [-0.1, -0.05) is 19.1 Å². The van der Waals surface area contributed by atoms with Crippen molar-refractivity contribution in [1.82, 2.24) is 0 Å². The van der Waals surface area contributed by atoms with Crippen LogP contribution in [0.2, 0.25) is 0 Å². The monoisotopic (exact) mass is 224 g/mol. The summed E-state index contributed by atoms with van der Waals surface area (Å²) in [5, 5.41) is 22.9. The number of aliphatic hydroxyl groups is 1. The molecule has 0 aliphatic rings. The molecule has 0 heterocycles. The molecule has 1 aromatic rings. The number of benzene rings is 1. The van der Waals surface area contributed by atoms with Crippen LogP contribution in [0.1, 0.15) is 18.9 Å². The van der Waals surface area contributed by atoms with E-state index in [2.05, 4.69) is 5.32 Å². The van der Waals surface area contributed by atoms with Gasteiger partial charge in [0.1, 0.15) is 5.69 Å². The zero-order valence-corrected chi connectivity index (χ0v) is 9.43. The first-order valence-corrected chi connectivity index (χ1v) is 5.21. The maximum atomic E-state index is 10.8. The Morgan fingerprint density at radius 1 is 1.56 bits per heavy atom. The van der Waals surface area contributed by atoms with Crippen LogP contribution in [0.3, 0.4) is 0 Å². The highest BCUT2D eigenvalue weighted by Crippen LogP contribution is 2.28. The summed E-state index contributed by atoms with van der Waals surface area (Å²) in [4.78, 5) is 10.4. The summed E-state index contributed by atoms with van der Waals surface area (Å²) in [5.74, 6) is 0. The molecule has 0 saturated heterocycles. The fraction of sp³-hybridized carbons (Fsp3) is 0.455. The largest absolute Gasteiger partial charge is 0.394 e. The third-order valence-corrected chi connectivity index (χ3v) is 2.51. The van der Waals surface area contributed by atoms with Gasteiger partial charge < -0.3 is 10.4 Å². The quantitative estimate of drug-likeness (QED) is 0.593. The summed E-state index contributed by atoms with van der Waals surface area (Å²) >= 11 is 0. The number of para-hydroxylation sites is 1. The second kappa shape index (κ2) is 5.46. The lowest BCUT2D eigenvalue weighted by Gasteiger charge is -2.17. The molecule has 88 valence electrons. The molecular formula is C11H16N2O3. The number of rotatable bonds is 5. The second-order valence-electron chi connectivity index (χ2n) is 3.66. The second-order valence-corrected chi connectivity index (χ2v) is 3.66. The molecule has 0 fully saturated rings. The molecule has 0 radical (unpaired) electrons. The van der Waals surface area contributed by atoms with Crippen molar-refractivity contribution in [3.05, 3.63) is 33.9 Å². The molecule has 1 unspecified atom stereocenters. The van der Waals surface area contributed by atoms with Crippen LogP contribution in [-0.2, 0) is 0 Å². The molecule has 0 aliphatic carbocycles. The molecule has 0 aromatic heterocycles. The van der Waals surface area contributed by atoms with E-state index in [1.54, 1.807) is 19.1 Å². The number of anilines is 1. The van der Waals surface area contributed by atoms with Gasteiger partial charge in [-0.3, -0.25) is 10.1 Å². The molecule has 5 nitrogen and oxygen atoms in total. The molecule has 0 amide bonds. The fourth-order valence-corrected chi connectivity index (χ4v) is 1.47. The number of nitro benzene ring substituents is 1. The van der Waals surface area contributed by atoms with Crippen LogP contribution >= 0.6 is 0 Å². The summed E-state index contributed by atoms with van der Waals surface area (Å²) in [7, 11) is 0. The maximum absolute atomic E-state index is 10.8. The number of nitrogens with one attached hydrogen (secondary N) is 1. The minimum atomic E-state index is -0.417. The molecule has 1 aromatic carbocycles. The van der Waals surface area contributed by atoms with Gasteiger partial charge in [-0.25, -0.2) is 0 Å². The van der Waals surface area contributed by atoms with E-state index < -0.39 is 4.92 Å². The first kappa shape index (κ1) is 12.4. The van der Waals surface area contributed by atoms with Crippen molar-refractivity contribution >= 4 is 11.4 Å². The van der Waals surface area contributed by atoms with Gasteiger partial charge in [0.25, 0.3) is 5.69 Å². The van der Waals surface area contributed by atoms with Gasteiger partial charge in [-0.2, -0.15) is 0 Å². The highest BCUT2D eigenvalue weighted by Gasteiger charge is 2.17. The Kier molecular flexibility index (Phi) is 4.25. The lowest BCUT2D eigenvalue weighted by atomic mass is 10.1. The Morgan fingerprint density at radius 3 is 2.75 bits per heavy atom. The summed E-state index contributed by atoms with van der Waals surface area (Å²) in [6.45, 7) is 3.68. The van der Waals surface area contributed by atoms with Gasteiger partial charge in [0.15, 0.2) is 0 Å². The van der Waals surface area contributed by atoms with E-state index in [4.69, 9.17) is 5.11 Å². The van der Waals surface area contributed by atoms with E-state index in [0.29, 0.717) is 12.1 Å². The van der Waals surface area contributed by atoms with Crippen LogP contribution in [0.15, 0.2) is 18.2 Å². The molecule has 1 atom stereocenters. The molecular weight excluding hydrogens is 208 g/mol. The molecule has 0 bridgehead atoms. The summed E-state index contributed by atoms with van der Waals surface area (Å²) in [5.41, 5.74) is 1.35. The fourth-order valence-electron chi connectivity index (χ4n) is 1.47. The molecule has 16 heavy (non-hydrogen) atoms. The highest BCUT2D eigenvalue weighted by atomic mass is 16.6. The van der Waals surface area contributed by atoms with E-state index in [0.717, 1.165) is 5.56 Å². The van der Waals surface area contributed by atoms with E-state index in [1.165, 1.54) is 6.07 Å². The van der Waals surface area contributed by atoms with Gasteiger partial charge in [0.05, 0.1) is 11.5 Å². The van der Waals surface area contributed by atoms with E-state index in [1.807, 2.05) is 6.92 Å². The first-order chi connectivity index (χ1) is 7.60. The molecule has 0 saturated carbocycles. The van der Waals surface area contributed by atoms with Gasteiger partial charge in [0.2, 0.25) is 0 Å². The average molecular weight is 224 g/mol. The van der Waals surface area contributed by atoms with E-state index in [9.17, 15) is 10.1 Å². The Labute approximate surface area is 94.3 Å². The normalized spacial score (nSPS) is 12.2. The summed E-state index contributed by atoms with van der Waals surface area (Å²) in [6, 6.07) is 4.76. The molecule has 0 aliphatic heterocycles. The SMILES string of the molecule is CCC(CO)Nc1c(C)cccc1[N+](=O)[O-]. The van der Waals surface area contributed by atoms with Gasteiger partial charge in [-0.15, -0.1) is 0 Å². The molecule has 1 rings (SSSR count). The Hall–Kier alpha value is -1.62. The number of nitro groups is 1. The third kappa shape index (κ3) is 2.70. The number of hydrogen-bond donors (Lipinski definition) is 2. The van der Waals surface area contributed by atoms with Crippen LogP contribution in [0.5, 0.6) is 0 Å². The molecule has 5 heteroatoms. The van der Waals surface area contributed by atoms with Crippen molar-refractivity contribution < 1.29 is 10.0 Å². The van der Waals surface area contributed by atoms with Crippen LogP contribution in [0.25, 0.3) is 0 Å². The lowest BCUT2D eigenvalue weighted by Crippen LogP contribution is -2.23. The molecule has 0 spiro atoms. The van der Waals surface area contributed by atoms with Crippen LogP contribution in [0, 0.1) is 17.0 Å². The minimum absolute atomic E-state index is 0.0397. The zero-order valence-electron chi connectivity index (χ0n) is 9.43. The predicted molar refractivity (Wildman–Crippen MR) is 62.6 cm³/mol. The number of nitrogens with zero attached hydrogens (tertiary/aromatic N) is 1.